The van der Waals surface area contributed by atoms with Gasteiger partial charge in [-0.05, 0) is 49.4 Å². The predicted molar refractivity (Wildman–Crippen MR) is 128 cm³/mol. The quantitative estimate of drug-likeness (QED) is 0.395. The topological polar surface area (TPSA) is 147 Å². The van der Waals surface area contributed by atoms with Gasteiger partial charge in [0.25, 0.3) is 0 Å². The molecule has 0 fully saturated rings. The summed E-state index contributed by atoms with van der Waals surface area (Å²) in [5.74, 6) is -0.487. The second-order valence-electron chi connectivity index (χ2n) is 7.16. The number of fused-ring (bicyclic) bond motifs is 1. The van der Waals surface area contributed by atoms with Crippen LogP contribution in [0.3, 0.4) is 0 Å². The maximum Gasteiger partial charge on any atom is 0.249 e. The SMILES string of the molecule is CCOCCn1c(=NC(=O)CCS(=O)(=O)c2ccc(OC)cc2)sc2cc(S(N)(=O)=O)ccc21. The summed E-state index contributed by atoms with van der Waals surface area (Å²) in [4.78, 5) is 17.0. The van der Waals surface area contributed by atoms with Crippen molar-refractivity contribution in [3.05, 3.63) is 47.3 Å². The third-order valence-corrected chi connectivity index (χ3v) is 8.55. The first-order chi connectivity index (χ1) is 16.0. The number of nitrogens with zero attached hydrogens (tertiary/aromatic N) is 2. The van der Waals surface area contributed by atoms with E-state index in [9.17, 15) is 21.6 Å². The first kappa shape index (κ1) is 26.0. The molecule has 1 amide bonds. The summed E-state index contributed by atoms with van der Waals surface area (Å²) >= 11 is 1.11. The van der Waals surface area contributed by atoms with Gasteiger partial charge < -0.3 is 14.0 Å². The zero-order valence-electron chi connectivity index (χ0n) is 18.6. The van der Waals surface area contributed by atoms with E-state index in [1.54, 1.807) is 10.6 Å². The third kappa shape index (κ3) is 6.30. The highest BCUT2D eigenvalue weighted by Crippen LogP contribution is 2.22. The summed E-state index contributed by atoms with van der Waals surface area (Å²) in [5.41, 5.74) is 0.662. The van der Waals surface area contributed by atoms with Crippen LogP contribution in [0.4, 0.5) is 0 Å². The number of amides is 1. The molecule has 1 heterocycles. The molecule has 13 heteroatoms. The monoisotopic (exact) mass is 527 g/mol. The van der Waals surface area contributed by atoms with Crippen molar-refractivity contribution in [2.75, 3.05) is 26.1 Å². The number of carbonyl (C=O) groups is 1. The number of thiazole rings is 1. The van der Waals surface area contributed by atoms with Crippen LogP contribution in [0.25, 0.3) is 10.2 Å². The van der Waals surface area contributed by atoms with E-state index in [4.69, 9.17) is 14.6 Å². The van der Waals surface area contributed by atoms with Crippen LogP contribution in [-0.2, 0) is 35.9 Å². The van der Waals surface area contributed by atoms with Gasteiger partial charge in [0.2, 0.25) is 15.9 Å². The lowest BCUT2D eigenvalue weighted by molar-refractivity contribution is -0.117. The number of primary sulfonamides is 1. The van der Waals surface area contributed by atoms with Gasteiger partial charge >= 0.3 is 0 Å². The summed E-state index contributed by atoms with van der Waals surface area (Å²) in [6, 6.07) is 10.3. The summed E-state index contributed by atoms with van der Waals surface area (Å²) in [6.07, 6.45) is -0.309. The van der Waals surface area contributed by atoms with Gasteiger partial charge in [0.15, 0.2) is 14.6 Å². The molecule has 0 atom stereocenters. The Labute approximate surface area is 201 Å². The van der Waals surface area contributed by atoms with Crippen molar-refractivity contribution >= 4 is 47.3 Å². The molecule has 2 N–H and O–H groups in total. The summed E-state index contributed by atoms with van der Waals surface area (Å²) < 4.78 is 61.3. The average molecular weight is 528 g/mol. The molecule has 3 aromatic rings. The van der Waals surface area contributed by atoms with Crippen LogP contribution in [0.1, 0.15) is 13.3 Å². The number of sulfone groups is 1. The van der Waals surface area contributed by atoms with Gasteiger partial charge in [0.05, 0.1) is 39.5 Å². The van der Waals surface area contributed by atoms with Gasteiger partial charge in [-0.1, -0.05) is 11.3 Å². The maximum atomic E-state index is 12.6. The van der Waals surface area contributed by atoms with Crippen LogP contribution in [0, 0.1) is 0 Å². The highest BCUT2D eigenvalue weighted by Gasteiger charge is 2.17. The Bertz CT molecular complexity index is 1460. The molecule has 34 heavy (non-hydrogen) atoms. The van der Waals surface area contributed by atoms with Crippen molar-refractivity contribution < 1.29 is 31.1 Å². The van der Waals surface area contributed by atoms with Crippen LogP contribution >= 0.6 is 11.3 Å². The molecule has 0 aliphatic rings. The minimum absolute atomic E-state index is 0.0540. The molecule has 10 nitrogen and oxygen atoms in total. The Morgan fingerprint density at radius 3 is 2.38 bits per heavy atom. The first-order valence-corrected chi connectivity index (χ1v) is 14.2. The van der Waals surface area contributed by atoms with Crippen LogP contribution in [0.5, 0.6) is 5.75 Å². The van der Waals surface area contributed by atoms with Gasteiger partial charge in [-0.2, -0.15) is 4.99 Å². The van der Waals surface area contributed by atoms with Gasteiger partial charge in [-0.25, -0.2) is 22.0 Å². The standard InChI is InChI=1S/C21H25N3O7S3/c1-3-31-12-11-24-18-9-8-17(34(22,28)29)14-19(18)32-21(24)23-20(25)10-13-33(26,27)16-6-4-15(30-2)5-7-16/h4-9,14H,3,10-13H2,1-2H3,(H2,22,28,29). The van der Waals surface area contributed by atoms with Crippen LogP contribution in [-0.4, -0.2) is 53.4 Å². The molecule has 0 bridgehead atoms. The highest BCUT2D eigenvalue weighted by atomic mass is 32.2. The largest absolute Gasteiger partial charge is 0.497 e. The minimum atomic E-state index is -3.90. The van der Waals surface area contributed by atoms with E-state index >= 15 is 0 Å². The van der Waals surface area contributed by atoms with Crippen molar-refractivity contribution in [1.82, 2.24) is 4.57 Å². The fourth-order valence-corrected chi connectivity index (χ4v) is 6.07. The van der Waals surface area contributed by atoms with E-state index < -0.39 is 31.5 Å². The van der Waals surface area contributed by atoms with Crippen LogP contribution < -0.4 is 14.7 Å². The number of sulfonamides is 1. The number of aromatic nitrogens is 1. The fourth-order valence-electron chi connectivity index (χ4n) is 3.12. The second kappa shape index (κ2) is 10.8. The molecule has 0 spiro atoms. The van der Waals surface area contributed by atoms with Gasteiger partial charge in [0, 0.05) is 19.6 Å². The number of carbonyl (C=O) groups excluding carboxylic acids is 1. The minimum Gasteiger partial charge on any atom is -0.497 e. The maximum absolute atomic E-state index is 12.6. The Morgan fingerprint density at radius 1 is 1.09 bits per heavy atom. The zero-order chi connectivity index (χ0) is 24.9. The molecule has 3 rings (SSSR count). The molecular formula is C21H25N3O7S3. The Hall–Kier alpha value is -2.58. The molecule has 2 aromatic carbocycles. The highest BCUT2D eigenvalue weighted by molar-refractivity contribution is 7.91. The van der Waals surface area contributed by atoms with Crippen molar-refractivity contribution in [2.45, 2.75) is 29.7 Å². The third-order valence-electron chi connectivity index (χ3n) is 4.87. The van der Waals surface area contributed by atoms with E-state index in [1.165, 1.54) is 43.5 Å². The van der Waals surface area contributed by atoms with Crippen molar-refractivity contribution in [3.8, 4) is 5.75 Å². The van der Waals surface area contributed by atoms with E-state index in [-0.39, 0.29) is 16.2 Å². The smallest absolute Gasteiger partial charge is 0.249 e. The van der Waals surface area contributed by atoms with Crippen molar-refractivity contribution in [2.24, 2.45) is 10.1 Å². The van der Waals surface area contributed by atoms with Crippen molar-refractivity contribution in [3.63, 3.8) is 0 Å². The summed E-state index contributed by atoms with van der Waals surface area (Å²) in [5, 5.41) is 5.22. The summed E-state index contributed by atoms with van der Waals surface area (Å²) in [7, 11) is -6.10. The molecule has 0 saturated heterocycles. The lowest BCUT2D eigenvalue weighted by Gasteiger charge is -2.06. The molecule has 0 radical (unpaired) electrons. The Morgan fingerprint density at radius 2 is 1.76 bits per heavy atom. The number of rotatable bonds is 10. The van der Waals surface area contributed by atoms with E-state index in [2.05, 4.69) is 4.99 Å². The lowest BCUT2D eigenvalue weighted by atomic mass is 10.3. The lowest BCUT2D eigenvalue weighted by Crippen LogP contribution is -2.20. The van der Waals surface area contributed by atoms with Crippen LogP contribution in [0.2, 0.25) is 0 Å². The first-order valence-electron chi connectivity index (χ1n) is 10.2. The average Bonchev–Trinajstić information content (AvgIpc) is 3.13. The second-order valence-corrected chi connectivity index (χ2v) is 11.8. The number of benzene rings is 2. The molecule has 0 unspecified atom stereocenters. The fraction of sp³-hybridized carbons (Fsp3) is 0.333. The van der Waals surface area contributed by atoms with Gasteiger partial charge in [-0.3, -0.25) is 4.79 Å². The number of ether oxygens (including phenoxy) is 2. The molecule has 0 aliphatic heterocycles. The molecule has 0 aliphatic carbocycles. The Balaban J connectivity index is 1.89. The molecule has 1 aromatic heterocycles. The normalized spacial score (nSPS) is 12.9. The van der Waals surface area contributed by atoms with Crippen LogP contribution in [0.15, 0.2) is 57.2 Å². The van der Waals surface area contributed by atoms with Gasteiger partial charge in [0.1, 0.15) is 5.75 Å². The molecular weight excluding hydrogens is 502 g/mol. The Kier molecular flexibility index (Phi) is 8.25. The molecule has 184 valence electrons. The number of nitrogens with two attached hydrogens (primary N) is 1. The summed E-state index contributed by atoms with van der Waals surface area (Å²) in [6.45, 7) is 3.09. The van der Waals surface area contributed by atoms with E-state index in [0.29, 0.717) is 40.5 Å². The number of hydrogen-bond donors (Lipinski definition) is 1. The zero-order valence-corrected chi connectivity index (χ0v) is 21.1. The number of hydrogen-bond acceptors (Lipinski definition) is 8. The number of methoxy groups -OCH3 is 1. The predicted octanol–water partition coefficient (Wildman–Crippen LogP) is 1.69. The van der Waals surface area contributed by atoms with Gasteiger partial charge in [-0.15, -0.1) is 0 Å². The van der Waals surface area contributed by atoms with E-state index in [1.807, 2.05) is 6.92 Å². The van der Waals surface area contributed by atoms with E-state index in [0.717, 1.165) is 11.3 Å². The van der Waals surface area contributed by atoms with Crippen molar-refractivity contribution in [1.29, 1.82) is 0 Å². The molecule has 0 saturated carbocycles.